The highest BCUT2D eigenvalue weighted by Crippen LogP contribution is 2.22. The summed E-state index contributed by atoms with van der Waals surface area (Å²) in [6.07, 6.45) is 1.03. The van der Waals surface area contributed by atoms with E-state index in [9.17, 15) is 0 Å². The quantitative estimate of drug-likeness (QED) is 0.797. The van der Waals surface area contributed by atoms with Gasteiger partial charge in [-0.3, -0.25) is 0 Å². The van der Waals surface area contributed by atoms with Gasteiger partial charge in [-0.15, -0.1) is 0 Å². The van der Waals surface area contributed by atoms with Crippen LogP contribution < -0.4 is 5.32 Å². The summed E-state index contributed by atoms with van der Waals surface area (Å²) in [4.78, 5) is 9.23. The standard InChI is InChI=1S/C16H19N5/c1-4-9-17-16-18-14-8-6-5-7-13(14)15(19-16)21-12(3)10-11(2)20-21/h5-8,10H,4,9H2,1-3H3,(H,17,18,19). The Labute approximate surface area is 124 Å². The van der Waals surface area contributed by atoms with Gasteiger partial charge in [0.25, 0.3) is 0 Å². The number of fused-ring (bicyclic) bond motifs is 1. The van der Waals surface area contributed by atoms with Gasteiger partial charge >= 0.3 is 0 Å². The van der Waals surface area contributed by atoms with E-state index in [-0.39, 0.29) is 0 Å². The molecule has 5 nitrogen and oxygen atoms in total. The molecule has 0 radical (unpaired) electrons. The topological polar surface area (TPSA) is 55.6 Å². The number of rotatable bonds is 4. The summed E-state index contributed by atoms with van der Waals surface area (Å²) >= 11 is 0. The van der Waals surface area contributed by atoms with E-state index in [0.29, 0.717) is 5.95 Å². The van der Waals surface area contributed by atoms with Crippen LogP contribution in [0.15, 0.2) is 30.3 Å². The first-order chi connectivity index (χ1) is 10.2. The molecule has 3 rings (SSSR count). The van der Waals surface area contributed by atoms with E-state index in [4.69, 9.17) is 0 Å². The van der Waals surface area contributed by atoms with Crippen LogP contribution in [-0.4, -0.2) is 26.3 Å². The zero-order valence-corrected chi connectivity index (χ0v) is 12.6. The minimum atomic E-state index is 0.651. The molecule has 5 heteroatoms. The van der Waals surface area contributed by atoms with Crippen molar-refractivity contribution in [1.29, 1.82) is 0 Å². The number of nitrogens with one attached hydrogen (secondary N) is 1. The van der Waals surface area contributed by atoms with Gasteiger partial charge < -0.3 is 5.32 Å². The van der Waals surface area contributed by atoms with Gasteiger partial charge in [-0.25, -0.2) is 9.67 Å². The molecule has 0 atom stereocenters. The Bertz CT molecular complexity index is 775. The number of anilines is 1. The van der Waals surface area contributed by atoms with Gasteiger partial charge in [0.2, 0.25) is 5.95 Å². The van der Waals surface area contributed by atoms with Crippen LogP contribution in [0.2, 0.25) is 0 Å². The van der Waals surface area contributed by atoms with Crippen molar-refractivity contribution in [3.63, 3.8) is 0 Å². The van der Waals surface area contributed by atoms with E-state index in [2.05, 4.69) is 33.4 Å². The fourth-order valence-electron chi connectivity index (χ4n) is 2.38. The second kappa shape index (κ2) is 5.52. The summed E-state index contributed by atoms with van der Waals surface area (Å²) in [6.45, 7) is 7.00. The molecule has 1 aromatic carbocycles. The summed E-state index contributed by atoms with van der Waals surface area (Å²) in [6, 6.07) is 10.1. The lowest BCUT2D eigenvalue weighted by Crippen LogP contribution is -2.09. The second-order valence-corrected chi connectivity index (χ2v) is 5.15. The van der Waals surface area contributed by atoms with Crippen molar-refractivity contribution in [1.82, 2.24) is 19.7 Å². The molecular weight excluding hydrogens is 262 g/mol. The molecule has 0 saturated carbocycles. The Morgan fingerprint density at radius 1 is 1.14 bits per heavy atom. The van der Waals surface area contributed by atoms with E-state index in [1.54, 1.807) is 0 Å². The van der Waals surface area contributed by atoms with Crippen molar-refractivity contribution in [2.75, 3.05) is 11.9 Å². The summed E-state index contributed by atoms with van der Waals surface area (Å²) in [5.41, 5.74) is 2.98. The third kappa shape index (κ3) is 2.59. The maximum atomic E-state index is 4.66. The van der Waals surface area contributed by atoms with Gasteiger partial charge in [-0.2, -0.15) is 10.1 Å². The van der Waals surface area contributed by atoms with E-state index in [1.807, 2.05) is 42.8 Å². The van der Waals surface area contributed by atoms with Gasteiger partial charge in [0, 0.05) is 17.6 Å². The average molecular weight is 281 g/mol. The molecule has 0 unspecified atom stereocenters. The van der Waals surface area contributed by atoms with Crippen LogP contribution in [-0.2, 0) is 0 Å². The van der Waals surface area contributed by atoms with E-state index in [0.717, 1.165) is 41.1 Å². The number of nitrogens with zero attached hydrogens (tertiary/aromatic N) is 4. The van der Waals surface area contributed by atoms with Gasteiger partial charge in [0.1, 0.15) is 0 Å². The number of hydrogen-bond donors (Lipinski definition) is 1. The Balaban J connectivity index is 2.21. The van der Waals surface area contributed by atoms with Crippen molar-refractivity contribution in [3.8, 4) is 5.82 Å². The maximum absolute atomic E-state index is 4.66. The predicted octanol–water partition coefficient (Wildman–Crippen LogP) is 3.25. The molecule has 1 N–H and O–H groups in total. The Hall–Kier alpha value is -2.43. The summed E-state index contributed by atoms with van der Waals surface area (Å²) in [7, 11) is 0. The van der Waals surface area contributed by atoms with Crippen LogP contribution in [0, 0.1) is 13.8 Å². The fourth-order valence-corrected chi connectivity index (χ4v) is 2.38. The second-order valence-electron chi connectivity index (χ2n) is 5.15. The molecule has 0 bridgehead atoms. The highest BCUT2D eigenvalue weighted by molar-refractivity contribution is 5.86. The molecule has 3 aromatic rings. The molecule has 0 fully saturated rings. The minimum absolute atomic E-state index is 0.651. The monoisotopic (exact) mass is 281 g/mol. The number of aromatic nitrogens is 4. The van der Waals surface area contributed by atoms with E-state index >= 15 is 0 Å². The normalized spacial score (nSPS) is 11.0. The minimum Gasteiger partial charge on any atom is -0.354 e. The molecule has 0 aliphatic rings. The van der Waals surface area contributed by atoms with Crippen molar-refractivity contribution < 1.29 is 0 Å². The summed E-state index contributed by atoms with van der Waals surface area (Å²) < 4.78 is 1.89. The fraction of sp³-hybridized carbons (Fsp3) is 0.312. The highest BCUT2D eigenvalue weighted by atomic mass is 15.3. The molecular formula is C16H19N5. The first kappa shape index (κ1) is 13.5. The van der Waals surface area contributed by atoms with Crippen molar-refractivity contribution >= 4 is 16.9 Å². The summed E-state index contributed by atoms with van der Waals surface area (Å²) in [5.74, 6) is 1.47. The highest BCUT2D eigenvalue weighted by Gasteiger charge is 2.12. The van der Waals surface area contributed by atoms with Crippen LogP contribution in [0.4, 0.5) is 5.95 Å². The van der Waals surface area contributed by atoms with Crippen LogP contribution in [0.1, 0.15) is 24.7 Å². The van der Waals surface area contributed by atoms with Crippen LogP contribution in [0.5, 0.6) is 0 Å². The Morgan fingerprint density at radius 3 is 2.67 bits per heavy atom. The molecule has 21 heavy (non-hydrogen) atoms. The molecule has 0 spiro atoms. The predicted molar refractivity (Wildman–Crippen MR) is 84.9 cm³/mol. The van der Waals surface area contributed by atoms with E-state index < -0.39 is 0 Å². The molecule has 2 aromatic heterocycles. The van der Waals surface area contributed by atoms with Gasteiger partial charge in [-0.05, 0) is 38.5 Å². The zero-order chi connectivity index (χ0) is 14.8. The molecule has 2 heterocycles. The van der Waals surface area contributed by atoms with Gasteiger partial charge in [0.15, 0.2) is 5.82 Å². The number of para-hydroxylation sites is 1. The van der Waals surface area contributed by atoms with Crippen molar-refractivity contribution in [2.24, 2.45) is 0 Å². The lowest BCUT2D eigenvalue weighted by Gasteiger charge is -2.10. The molecule has 0 saturated heterocycles. The lowest BCUT2D eigenvalue weighted by molar-refractivity contribution is 0.809. The zero-order valence-electron chi connectivity index (χ0n) is 12.6. The third-order valence-electron chi connectivity index (χ3n) is 3.33. The molecule has 0 amide bonds. The molecule has 0 aliphatic carbocycles. The maximum Gasteiger partial charge on any atom is 0.225 e. The SMILES string of the molecule is CCCNc1nc(-n2nc(C)cc2C)c2ccccc2n1. The van der Waals surface area contributed by atoms with Gasteiger partial charge in [-0.1, -0.05) is 19.1 Å². The van der Waals surface area contributed by atoms with Crippen molar-refractivity contribution in [3.05, 3.63) is 41.7 Å². The number of benzene rings is 1. The first-order valence-electron chi connectivity index (χ1n) is 7.23. The molecule has 0 aliphatic heterocycles. The van der Waals surface area contributed by atoms with Crippen LogP contribution in [0.25, 0.3) is 16.7 Å². The summed E-state index contributed by atoms with van der Waals surface area (Å²) in [5, 5.41) is 8.82. The van der Waals surface area contributed by atoms with Crippen LogP contribution >= 0.6 is 0 Å². The largest absolute Gasteiger partial charge is 0.354 e. The van der Waals surface area contributed by atoms with Crippen molar-refractivity contribution in [2.45, 2.75) is 27.2 Å². The Kier molecular flexibility index (Phi) is 3.56. The van der Waals surface area contributed by atoms with Gasteiger partial charge in [0.05, 0.1) is 11.2 Å². The Morgan fingerprint density at radius 2 is 1.95 bits per heavy atom. The third-order valence-corrected chi connectivity index (χ3v) is 3.33. The first-order valence-corrected chi connectivity index (χ1v) is 7.23. The average Bonchev–Trinajstić information content (AvgIpc) is 2.82. The lowest BCUT2D eigenvalue weighted by atomic mass is 10.2. The smallest absolute Gasteiger partial charge is 0.225 e. The van der Waals surface area contributed by atoms with Crippen LogP contribution in [0.3, 0.4) is 0 Å². The van der Waals surface area contributed by atoms with E-state index in [1.165, 1.54) is 0 Å². The number of aryl methyl sites for hydroxylation is 2. The number of hydrogen-bond acceptors (Lipinski definition) is 4. The molecule has 108 valence electrons.